The number of hydrogen-bond donors (Lipinski definition) is 2. The molecule has 3 rings (SSSR count). The number of thiazole rings is 1. The highest BCUT2D eigenvalue weighted by Gasteiger charge is 2.48. The van der Waals surface area contributed by atoms with Crippen molar-refractivity contribution in [2.24, 2.45) is 11.8 Å². The number of fused-ring (bicyclic) bond motifs is 1. The van der Waals surface area contributed by atoms with Crippen molar-refractivity contribution in [1.29, 1.82) is 0 Å². The van der Waals surface area contributed by atoms with Crippen molar-refractivity contribution in [3.63, 3.8) is 0 Å². The quantitative estimate of drug-likeness (QED) is 0.886. The Kier molecular flexibility index (Phi) is 2.52. The summed E-state index contributed by atoms with van der Waals surface area (Å²) in [6, 6.07) is 5.46. The van der Waals surface area contributed by atoms with Gasteiger partial charge in [0, 0.05) is 5.69 Å². The number of carboxylic acid groups (broad SMARTS) is 1. The van der Waals surface area contributed by atoms with Crippen LogP contribution in [0, 0.1) is 11.8 Å². The van der Waals surface area contributed by atoms with Crippen molar-refractivity contribution < 1.29 is 14.7 Å². The van der Waals surface area contributed by atoms with E-state index < -0.39 is 11.9 Å². The van der Waals surface area contributed by atoms with Gasteiger partial charge in [0.15, 0.2) is 0 Å². The van der Waals surface area contributed by atoms with Crippen molar-refractivity contribution in [2.45, 2.75) is 6.42 Å². The molecule has 1 aromatic heterocycles. The number of rotatable bonds is 3. The van der Waals surface area contributed by atoms with Crippen molar-refractivity contribution in [3.05, 3.63) is 23.7 Å². The summed E-state index contributed by atoms with van der Waals surface area (Å²) in [6.07, 6.45) is 0.434. The molecule has 0 bridgehead atoms. The summed E-state index contributed by atoms with van der Waals surface area (Å²) in [5.41, 5.74) is 3.33. The molecule has 1 fully saturated rings. The van der Waals surface area contributed by atoms with E-state index in [1.165, 1.54) is 11.3 Å². The van der Waals surface area contributed by atoms with Crippen LogP contribution in [-0.2, 0) is 9.59 Å². The lowest BCUT2D eigenvalue weighted by Crippen LogP contribution is -2.16. The Balaban J connectivity index is 1.72. The van der Waals surface area contributed by atoms with E-state index >= 15 is 0 Å². The van der Waals surface area contributed by atoms with Gasteiger partial charge < -0.3 is 10.4 Å². The maximum absolute atomic E-state index is 11.8. The molecule has 1 amide bonds. The van der Waals surface area contributed by atoms with E-state index in [1.807, 2.05) is 12.1 Å². The zero-order chi connectivity index (χ0) is 12.7. The fraction of sp³-hybridized carbons (Fsp3) is 0.250. The van der Waals surface area contributed by atoms with Gasteiger partial charge in [-0.2, -0.15) is 0 Å². The number of benzene rings is 1. The van der Waals surface area contributed by atoms with Crippen molar-refractivity contribution in [3.8, 4) is 0 Å². The number of carboxylic acids is 1. The molecule has 2 aromatic rings. The van der Waals surface area contributed by atoms with Crippen LogP contribution in [0.25, 0.3) is 10.2 Å². The highest BCUT2D eigenvalue weighted by molar-refractivity contribution is 7.16. The molecule has 1 aliphatic carbocycles. The summed E-state index contributed by atoms with van der Waals surface area (Å²) in [5.74, 6) is -2.02. The van der Waals surface area contributed by atoms with E-state index in [1.54, 1.807) is 11.6 Å². The van der Waals surface area contributed by atoms with E-state index in [2.05, 4.69) is 10.3 Å². The molecule has 0 aliphatic heterocycles. The predicted octanol–water partition coefficient (Wildman–Crippen LogP) is 1.96. The van der Waals surface area contributed by atoms with Gasteiger partial charge in [0.1, 0.15) is 0 Å². The number of aliphatic carboxylic acids is 1. The minimum Gasteiger partial charge on any atom is -0.481 e. The number of amides is 1. The maximum Gasteiger partial charge on any atom is 0.307 e. The monoisotopic (exact) mass is 262 g/mol. The first-order valence-electron chi connectivity index (χ1n) is 5.52. The molecule has 0 spiro atoms. The van der Waals surface area contributed by atoms with Gasteiger partial charge in [-0.15, -0.1) is 11.3 Å². The summed E-state index contributed by atoms with van der Waals surface area (Å²) < 4.78 is 0.999. The van der Waals surface area contributed by atoms with Crippen LogP contribution >= 0.6 is 11.3 Å². The van der Waals surface area contributed by atoms with Crippen LogP contribution in [0.2, 0.25) is 0 Å². The molecule has 92 valence electrons. The molecule has 1 aliphatic rings. The van der Waals surface area contributed by atoms with Gasteiger partial charge in [0.2, 0.25) is 5.91 Å². The van der Waals surface area contributed by atoms with Gasteiger partial charge in [-0.05, 0) is 24.6 Å². The highest BCUT2D eigenvalue weighted by Crippen LogP contribution is 2.39. The minimum atomic E-state index is -0.895. The molecule has 0 radical (unpaired) electrons. The van der Waals surface area contributed by atoms with Crippen LogP contribution in [0.5, 0.6) is 0 Å². The van der Waals surface area contributed by atoms with Crippen LogP contribution in [0.15, 0.2) is 23.7 Å². The average Bonchev–Trinajstić information content (AvgIpc) is 3.02. The standard InChI is InChI=1S/C12H10N2O3S/c15-11(7-4-8(7)12(16)17)14-6-1-2-9-10(3-6)18-5-13-9/h1-3,5,7-8H,4H2,(H,14,15)(H,16,17)/t7-,8+/m1/s1. The minimum absolute atomic E-state index is 0.216. The number of hydrogen-bond acceptors (Lipinski definition) is 4. The second-order valence-electron chi connectivity index (χ2n) is 4.31. The Morgan fingerprint density at radius 1 is 1.39 bits per heavy atom. The van der Waals surface area contributed by atoms with Crippen molar-refractivity contribution in [1.82, 2.24) is 4.98 Å². The zero-order valence-electron chi connectivity index (χ0n) is 9.29. The molecular weight excluding hydrogens is 252 g/mol. The molecular formula is C12H10N2O3S. The Hall–Kier alpha value is -1.95. The second kappa shape index (κ2) is 4.06. The predicted molar refractivity (Wildman–Crippen MR) is 67.5 cm³/mol. The molecule has 6 heteroatoms. The number of anilines is 1. The lowest BCUT2D eigenvalue weighted by molar-refractivity contribution is -0.139. The molecule has 1 heterocycles. The third-order valence-corrected chi connectivity index (χ3v) is 3.83. The Labute approximate surface area is 106 Å². The molecule has 18 heavy (non-hydrogen) atoms. The smallest absolute Gasteiger partial charge is 0.307 e. The van der Waals surface area contributed by atoms with Gasteiger partial charge in [-0.25, -0.2) is 4.98 Å². The lowest BCUT2D eigenvalue weighted by Gasteiger charge is -2.03. The summed E-state index contributed by atoms with van der Waals surface area (Å²) in [5, 5.41) is 11.5. The first kappa shape index (κ1) is 11.2. The first-order valence-corrected chi connectivity index (χ1v) is 6.40. The average molecular weight is 262 g/mol. The van der Waals surface area contributed by atoms with Crippen LogP contribution in [-0.4, -0.2) is 22.0 Å². The summed E-state index contributed by atoms with van der Waals surface area (Å²) >= 11 is 1.50. The Bertz CT molecular complexity index is 637. The van der Waals surface area contributed by atoms with Gasteiger partial charge in [0.25, 0.3) is 0 Å². The van der Waals surface area contributed by atoms with E-state index in [-0.39, 0.29) is 11.8 Å². The normalized spacial score (nSPS) is 21.8. The maximum atomic E-state index is 11.8. The van der Waals surface area contributed by atoms with Crippen LogP contribution in [0.1, 0.15) is 6.42 Å². The van der Waals surface area contributed by atoms with Crippen LogP contribution in [0.4, 0.5) is 5.69 Å². The molecule has 1 aromatic carbocycles. The molecule has 5 nitrogen and oxygen atoms in total. The van der Waals surface area contributed by atoms with Crippen LogP contribution in [0.3, 0.4) is 0 Å². The summed E-state index contributed by atoms with van der Waals surface area (Å²) in [7, 11) is 0. The number of nitrogens with zero attached hydrogens (tertiary/aromatic N) is 1. The fourth-order valence-electron chi connectivity index (χ4n) is 1.93. The SMILES string of the molecule is O=C(O)[C@H]1C[C@H]1C(=O)Nc1ccc2ncsc2c1. The number of nitrogens with one attached hydrogen (secondary N) is 1. The second-order valence-corrected chi connectivity index (χ2v) is 5.20. The summed E-state index contributed by atoms with van der Waals surface area (Å²) in [6.45, 7) is 0. The Morgan fingerprint density at radius 2 is 2.22 bits per heavy atom. The third-order valence-electron chi connectivity index (χ3n) is 3.04. The summed E-state index contributed by atoms with van der Waals surface area (Å²) in [4.78, 5) is 26.6. The topological polar surface area (TPSA) is 79.3 Å². The number of aromatic nitrogens is 1. The molecule has 2 N–H and O–H groups in total. The number of carbonyl (C=O) groups is 2. The molecule has 0 saturated heterocycles. The van der Waals surface area contributed by atoms with E-state index in [0.717, 1.165) is 10.2 Å². The largest absolute Gasteiger partial charge is 0.481 e. The molecule has 0 unspecified atom stereocenters. The zero-order valence-corrected chi connectivity index (χ0v) is 10.1. The van der Waals surface area contributed by atoms with Gasteiger partial charge in [-0.1, -0.05) is 0 Å². The van der Waals surface area contributed by atoms with Crippen molar-refractivity contribution >= 4 is 39.1 Å². The van der Waals surface area contributed by atoms with Gasteiger partial charge in [0.05, 0.1) is 27.6 Å². The molecule has 1 saturated carbocycles. The first-order chi connectivity index (χ1) is 8.65. The van der Waals surface area contributed by atoms with E-state index in [0.29, 0.717) is 12.1 Å². The van der Waals surface area contributed by atoms with Gasteiger partial charge >= 0.3 is 5.97 Å². The highest BCUT2D eigenvalue weighted by atomic mass is 32.1. The van der Waals surface area contributed by atoms with Crippen LogP contribution < -0.4 is 5.32 Å². The fourth-order valence-corrected chi connectivity index (χ4v) is 2.64. The van der Waals surface area contributed by atoms with Gasteiger partial charge in [-0.3, -0.25) is 9.59 Å². The molecule has 2 atom stereocenters. The third kappa shape index (κ3) is 1.95. The lowest BCUT2D eigenvalue weighted by atomic mass is 10.2. The van der Waals surface area contributed by atoms with Crippen molar-refractivity contribution in [2.75, 3.05) is 5.32 Å². The Morgan fingerprint density at radius 3 is 2.94 bits per heavy atom. The van der Waals surface area contributed by atoms with E-state index in [9.17, 15) is 9.59 Å². The van der Waals surface area contributed by atoms with E-state index in [4.69, 9.17) is 5.11 Å². The number of carbonyl (C=O) groups excluding carboxylic acids is 1.